The van der Waals surface area contributed by atoms with Crippen LogP contribution >= 0.6 is 34.3 Å². The molecule has 0 N–H and O–H groups in total. The maximum atomic E-state index is 12.6. The third-order valence-corrected chi connectivity index (χ3v) is 6.43. The Morgan fingerprint density at radius 2 is 2.07 bits per heavy atom. The number of carbonyl (C=O) groups is 1. The molecule has 148 valence electrons. The molecule has 3 aromatic heterocycles. The largest absolute Gasteiger partial charge is 0.293 e. The molecule has 0 aliphatic rings. The first-order chi connectivity index (χ1) is 13.8. The Bertz CT molecular complexity index is 1270. The van der Waals surface area contributed by atoms with Crippen LogP contribution in [0.1, 0.15) is 23.7 Å². The van der Waals surface area contributed by atoms with Gasteiger partial charge in [0.15, 0.2) is 5.13 Å². The summed E-state index contributed by atoms with van der Waals surface area (Å²) in [6.07, 6.45) is 1.53. The number of carbonyl (C=O) groups excluding carboxylic acids is 1. The number of aryl methyl sites for hydroxylation is 2. The van der Waals surface area contributed by atoms with Gasteiger partial charge in [0.25, 0.3) is 5.56 Å². The number of aromatic nitrogens is 3. The molecule has 29 heavy (non-hydrogen) atoms. The summed E-state index contributed by atoms with van der Waals surface area (Å²) in [5.41, 5.74) is 3.12. The second kappa shape index (κ2) is 7.70. The van der Waals surface area contributed by atoms with Crippen molar-refractivity contribution < 1.29 is 4.79 Å². The quantitative estimate of drug-likeness (QED) is 0.448. The monoisotopic (exact) mass is 444 g/mol. The number of anilines is 2. The Morgan fingerprint density at radius 3 is 2.79 bits per heavy atom. The molecule has 0 aliphatic heterocycles. The van der Waals surface area contributed by atoms with Crippen LogP contribution < -0.4 is 10.5 Å². The minimum atomic E-state index is -0.182. The average molecular weight is 445 g/mol. The van der Waals surface area contributed by atoms with Gasteiger partial charge in [-0.2, -0.15) is 0 Å². The summed E-state index contributed by atoms with van der Waals surface area (Å²) in [5, 5.41) is 5.30. The second-order valence-corrected chi connectivity index (χ2v) is 8.84. The standard InChI is InChI=1S/C20H17ClN4O2S2/c1-11-6-12(2)17(16(21)7-11)25(13(3)26)20-23-14(9-29-20)8-24-10-22-18-15(19(24)27)4-5-28-18/h4-7,9-10H,8H2,1-3H3. The van der Waals surface area contributed by atoms with Gasteiger partial charge in [-0.1, -0.05) is 17.7 Å². The van der Waals surface area contributed by atoms with Crippen molar-refractivity contribution in [2.75, 3.05) is 4.90 Å². The van der Waals surface area contributed by atoms with Gasteiger partial charge in [-0.15, -0.1) is 22.7 Å². The van der Waals surface area contributed by atoms with Crippen LogP contribution in [0.25, 0.3) is 10.2 Å². The number of rotatable bonds is 4. The lowest BCUT2D eigenvalue weighted by atomic mass is 10.1. The lowest BCUT2D eigenvalue weighted by molar-refractivity contribution is -0.115. The van der Waals surface area contributed by atoms with E-state index in [0.29, 0.717) is 26.9 Å². The highest BCUT2D eigenvalue weighted by Gasteiger charge is 2.23. The molecule has 0 fully saturated rings. The molecule has 0 saturated carbocycles. The highest BCUT2D eigenvalue weighted by atomic mass is 35.5. The van der Waals surface area contributed by atoms with Gasteiger partial charge >= 0.3 is 0 Å². The van der Waals surface area contributed by atoms with Crippen molar-refractivity contribution in [2.45, 2.75) is 27.3 Å². The first-order valence-corrected chi connectivity index (χ1v) is 10.9. The van der Waals surface area contributed by atoms with Crippen LogP contribution in [0, 0.1) is 13.8 Å². The third kappa shape index (κ3) is 3.71. The summed E-state index contributed by atoms with van der Waals surface area (Å²) in [4.78, 5) is 36.2. The summed E-state index contributed by atoms with van der Waals surface area (Å²) < 4.78 is 1.52. The molecule has 0 radical (unpaired) electrons. The van der Waals surface area contributed by atoms with Gasteiger partial charge < -0.3 is 0 Å². The molecule has 0 saturated heterocycles. The molecule has 0 aliphatic carbocycles. The van der Waals surface area contributed by atoms with Crippen LogP contribution in [0.3, 0.4) is 0 Å². The molecular weight excluding hydrogens is 428 g/mol. The van der Waals surface area contributed by atoms with Crippen LogP contribution in [-0.2, 0) is 11.3 Å². The number of fused-ring (bicyclic) bond motifs is 1. The molecule has 0 atom stereocenters. The van der Waals surface area contributed by atoms with Crippen molar-refractivity contribution in [3.63, 3.8) is 0 Å². The molecule has 0 bridgehead atoms. The molecule has 1 aromatic carbocycles. The molecular formula is C20H17ClN4O2S2. The van der Waals surface area contributed by atoms with Gasteiger partial charge in [0.2, 0.25) is 5.91 Å². The van der Waals surface area contributed by atoms with Gasteiger partial charge in [0.05, 0.1) is 34.7 Å². The number of thiophene rings is 1. The fraction of sp³-hybridized carbons (Fsp3) is 0.200. The zero-order chi connectivity index (χ0) is 20.7. The minimum Gasteiger partial charge on any atom is -0.293 e. The Balaban J connectivity index is 1.70. The van der Waals surface area contributed by atoms with Crippen molar-refractivity contribution in [1.82, 2.24) is 14.5 Å². The van der Waals surface area contributed by atoms with E-state index in [9.17, 15) is 9.59 Å². The van der Waals surface area contributed by atoms with Crippen LogP contribution in [-0.4, -0.2) is 20.4 Å². The fourth-order valence-corrected chi connectivity index (χ4v) is 5.22. The van der Waals surface area contributed by atoms with Gasteiger partial charge in [0, 0.05) is 12.3 Å². The number of thiazole rings is 1. The Labute approximate surface area is 180 Å². The SMILES string of the molecule is CC(=O)N(c1nc(Cn2cnc3sccc3c2=O)cs1)c1c(C)cc(C)cc1Cl. The molecule has 9 heteroatoms. The van der Waals surface area contributed by atoms with Crippen LogP contribution in [0.4, 0.5) is 10.8 Å². The molecule has 6 nitrogen and oxygen atoms in total. The first-order valence-electron chi connectivity index (χ1n) is 8.79. The summed E-state index contributed by atoms with van der Waals surface area (Å²) >= 11 is 9.22. The van der Waals surface area contributed by atoms with Crippen molar-refractivity contribution in [2.24, 2.45) is 0 Å². The van der Waals surface area contributed by atoms with Gasteiger partial charge in [-0.05, 0) is 42.5 Å². The maximum absolute atomic E-state index is 12.6. The zero-order valence-electron chi connectivity index (χ0n) is 16.0. The minimum absolute atomic E-state index is 0.105. The molecule has 1 amide bonds. The van der Waals surface area contributed by atoms with E-state index in [0.717, 1.165) is 16.0 Å². The summed E-state index contributed by atoms with van der Waals surface area (Å²) in [7, 11) is 0. The van der Waals surface area contributed by atoms with E-state index in [4.69, 9.17) is 11.6 Å². The Morgan fingerprint density at radius 1 is 1.28 bits per heavy atom. The maximum Gasteiger partial charge on any atom is 0.262 e. The molecule has 0 spiro atoms. The smallest absolute Gasteiger partial charge is 0.262 e. The van der Waals surface area contributed by atoms with E-state index in [1.54, 1.807) is 6.07 Å². The van der Waals surface area contributed by atoms with E-state index in [2.05, 4.69) is 9.97 Å². The molecule has 0 unspecified atom stereocenters. The van der Waals surface area contributed by atoms with E-state index in [1.807, 2.05) is 36.7 Å². The highest BCUT2D eigenvalue weighted by Crippen LogP contribution is 2.37. The first kappa shape index (κ1) is 19.8. The molecule has 3 heterocycles. The number of amides is 1. The average Bonchev–Trinajstić information content (AvgIpc) is 3.29. The predicted octanol–water partition coefficient (Wildman–Crippen LogP) is 4.92. The summed E-state index contributed by atoms with van der Waals surface area (Å²) in [5.74, 6) is -0.182. The van der Waals surface area contributed by atoms with Gasteiger partial charge in [-0.3, -0.25) is 19.1 Å². The lowest BCUT2D eigenvalue weighted by Crippen LogP contribution is -2.24. The number of benzene rings is 1. The van der Waals surface area contributed by atoms with Crippen molar-refractivity contribution in [3.8, 4) is 0 Å². The van der Waals surface area contributed by atoms with Gasteiger partial charge in [0.1, 0.15) is 4.83 Å². The van der Waals surface area contributed by atoms with Crippen molar-refractivity contribution in [3.05, 3.63) is 67.5 Å². The molecule has 4 aromatic rings. The zero-order valence-corrected chi connectivity index (χ0v) is 18.4. The third-order valence-electron chi connectivity index (χ3n) is 4.45. The number of halogens is 1. The lowest BCUT2D eigenvalue weighted by Gasteiger charge is -2.22. The normalized spacial score (nSPS) is 11.2. The van der Waals surface area contributed by atoms with E-state index in [1.165, 1.54) is 45.4 Å². The topological polar surface area (TPSA) is 68.1 Å². The number of hydrogen-bond acceptors (Lipinski definition) is 6. The van der Waals surface area contributed by atoms with Gasteiger partial charge in [-0.25, -0.2) is 9.97 Å². The summed E-state index contributed by atoms with van der Waals surface area (Å²) in [6, 6.07) is 5.58. The van der Waals surface area contributed by atoms with Crippen molar-refractivity contribution >= 4 is 61.2 Å². The van der Waals surface area contributed by atoms with Crippen LogP contribution in [0.15, 0.2) is 40.1 Å². The van der Waals surface area contributed by atoms with Crippen LogP contribution in [0.2, 0.25) is 5.02 Å². The van der Waals surface area contributed by atoms with Crippen LogP contribution in [0.5, 0.6) is 0 Å². The Kier molecular flexibility index (Phi) is 5.24. The number of nitrogens with zero attached hydrogens (tertiary/aromatic N) is 4. The fourth-order valence-electron chi connectivity index (χ4n) is 3.23. The predicted molar refractivity (Wildman–Crippen MR) is 119 cm³/mol. The van der Waals surface area contributed by atoms with Crippen molar-refractivity contribution in [1.29, 1.82) is 0 Å². The second-order valence-electron chi connectivity index (χ2n) is 6.71. The van der Waals surface area contributed by atoms with E-state index >= 15 is 0 Å². The van der Waals surface area contributed by atoms with E-state index in [-0.39, 0.29) is 18.0 Å². The summed E-state index contributed by atoms with van der Waals surface area (Å²) in [6.45, 7) is 5.63. The highest BCUT2D eigenvalue weighted by molar-refractivity contribution is 7.16. The Hall–Kier alpha value is -2.55. The molecule has 4 rings (SSSR count). The number of hydrogen-bond donors (Lipinski definition) is 0. The van der Waals surface area contributed by atoms with E-state index < -0.39 is 0 Å².